The number of aromatic nitrogens is 2. The summed E-state index contributed by atoms with van der Waals surface area (Å²) in [5, 5.41) is 4.04. The molecule has 1 saturated heterocycles. The van der Waals surface area contributed by atoms with Gasteiger partial charge in [-0.3, -0.25) is 14.5 Å². The van der Waals surface area contributed by atoms with E-state index in [1.54, 1.807) is 32.5 Å². The van der Waals surface area contributed by atoms with Gasteiger partial charge >= 0.3 is 0 Å². The third-order valence-corrected chi connectivity index (χ3v) is 4.70. The van der Waals surface area contributed by atoms with Gasteiger partial charge in [0.05, 0.1) is 30.4 Å². The third-order valence-electron chi connectivity index (χ3n) is 4.70. The topological polar surface area (TPSA) is 76.5 Å². The van der Waals surface area contributed by atoms with Gasteiger partial charge in [0.1, 0.15) is 0 Å². The Kier molecular flexibility index (Phi) is 21.4. The van der Waals surface area contributed by atoms with E-state index < -0.39 is 0 Å². The van der Waals surface area contributed by atoms with Crippen LogP contribution in [0.15, 0.2) is 53.6 Å². The molecule has 7 heteroatoms. The molecule has 0 bridgehead atoms. The Morgan fingerprint density at radius 1 is 1.11 bits per heavy atom. The van der Waals surface area contributed by atoms with Crippen LogP contribution in [0.25, 0.3) is 10.9 Å². The van der Waals surface area contributed by atoms with Crippen molar-refractivity contribution in [2.45, 2.75) is 55.4 Å². The Balaban J connectivity index is 0. The normalized spacial score (nSPS) is 12.8. The van der Waals surface area contributed by atoms with Gasteiger partial charge in [-0.25, -0.2) is 4.98 Å². The summed E-state index contributed by atoms with van der Waals surface area (Å²) in [6, 6.07) is 5.70. The van der Waals surface area contributed by atoms with E-state index in [0.29, 0.717) is 5.39 Å². The Morgan fingerprint density at radius 2 is 1.71 bits per heavy atom. The Bertz CT molecular complexity index is 929. The number of carbonyl (C=O) groups excluding carboxylic acids is 1. The van der Waals surface area contributed by atoms with Crippen molar-refractivity contribution in [3.8, 4) is 0 Å². The monoisotopic (exact) mass is 488 g/mol. The van der Waals surface area contributed by atoms with Gasteiger partial charge in [0.15, 0.2) is 5.78 Å². The maximum Gasteiger partial charge on any atom is 0.260 e. The number of Topliss-reactive ketones (excluding diaryl/α,β-unsaturated/α-hetero) is 1. The summed E-state index contributed by atoms with van der Waals surface area (Å²) < 4.78 is 6.83. The minimum absolute atomic E-state index is 0.0140. The van der Waals surface area contributed by atoms with Crippen LogP contribution in [0.4, 0.5) is 5.69 Å². The molecule has 2 aromatic rings. The van der Waals surface area contributed by atoms with Crippen molar-refractivity contribution < 1.29 is 9.53 Å². The van der Waals surface area contributed by atoms with Gasteiger partial charge in [0.2, 0.25) is 0 Å². The smallest absolute Gasteiger partial charge is 0.260 e. The molecule has 0 atom stereocenters. The SMILES string of the molecule is C=C/C=C(\C)C(C)=O.CC.CC.CC.Cn1cnc2cc(NCCN3CCOCC3)ccc2c1=O. The highest BCUT2D eigenvalue weighted by atomic mass is 16.5. The first-order valence-corrected chi connectivity index (χ1v) is 12.7. The minimum Gasteiger partial charge on any atom is -0.384 e. The van der Waals surface area contributed by atoms with E-state index in [0.717, 1.165) is 56.2 Å². The van der Waals surface area contributed by atoms with Crippen LogP contribution < -0.4 is 10.9 Å². The molecular weight excluding hydrogens is 440 g/mol. The number of morpholine rings is 1. The molecule has 0 amide bonds. The van der Waals surface area contributed by atoms with Crippen molar-refractivity contribution in [3.05, 3.63) is 59.2 Å². The van der Waals surface area contributed by atoms with E-state index in [9.17, 15) is 9.59 Å². The Labute approximate surface area is 212 Å². The molecule has 1 N–H and O–H groups in total. The lowest BCUT2D eigenvalue weighted by Crippen LogP contribution is -2.39. The zero-order chi connectivity index (χ0) is 27.2. The van der Waals surface area contributed by atoms with Gasteiger partial charge in [-0.1, -0.05) is 60.3 Å². The van der Waals surface area contributed by atoms with E-state index in [2.05, 4.69) is 21.8 Å². The average Bonchev–Trinajstić information content (AvgIpc) is 2.91. The van der Waals surface area contributed by atoms with Crippen molar-refractivity contribution in [1.29, 1.82) is 0 Å². The van der Waals surface area contributed by atoms with Gasteiger partial charge in [0, 0.05) is 38.9 Å². The van der Waals surface area contributed by atoms with Crippen LogP contribution in [0.1, 0.15) is 55.4 Å². The summed E-state index contributed by atoms with van der Waals surface area (Å²) in [7, 11) is 1.71. The predicted octanol–water partition coefficient (Wildman–Crippen LogP) is 5.46. The minimum atomic E-state index is -0.0140. The van der Waals surface area contributed by atoms with Gasteiger partial charge in [0.25, 0.3) is 5.56 Å². The van der Waals surface area contributed by atoms with E-state index in [1.807, 2.05) is 59.7 Å². The number of benzene rings is 1. The second kappa shape index (κ2) is 21.7. The summed E-state index contributed by atoms with van der Waals surface area (Å²) in [6.45, 7) is 24.3. The number of nitrogens with zero attached hydrogens (tertiary/aromatic N) is 3. The summed E-state index contributed by atoms with van der Waals surface area (Å²) >= 11 is 0. The first-order chi connectivity index (χ1) is 16.9. The molecular formula is C28H48N4O3. The highest BCUT2D eigenvalue weighted by Gasteiger charge is 2.09. The molecule has 0 radical (unpaired) electrons. The lowest BCUT2D eigenvalue weighted by atomic mass is 10.2. The highest BCUT2D eigenvalue weighted by Crippen LogP contribution is 2.14. The summed E-state index contributed by atoms with van der Waals surface area (Å²) in [5.74, 6) is 0.102. The Morgan fingerprint density at radius 3 is 2.23 bits per heavy atom. The lowest BCUT2D eigenvalue weighted by Gasteiger charge is -2.26. The number of fused-ring (bicyclic) bond motifs is 1. The fraction of sp³-hybridized carbons (Fsp3) is 0.536. The number of ketones is 1. The molecule has 7 nitrogen and oxygen atoms in total. The van der Waals surface area contributed by atoms with Crippen LogP contribution in [0, 0.1) is 0 Å². The van der Waals surface area contributed by atoms with Crippen molar-refractivity contribution >= 4 is 22.4 Å². The van der Waals surface area contributed by atoms with Crippen LogP contribution in [0.2, 0.25) is 0 Å². The molecule has 0 aliphatic carbocycles. The molecule has 198 valence electrons. The molecule has 2 heterocycles. The molecule has 0 saturated carbocycles. The maximum atomic E-state index is 11.9. The van der Waals surface area contributed by atoms with Gasteiger partial charge < -0.3 is 14.6 Å². The molecule has 3 rings (SSSR count). The van der Waals surface area contributed by atoms with Crippen LogP contribution in [-0.2, 0) is 16.6 Å². The fourth-order valence-corrected chi connectivity index (χ4v) is 2.80. The number of carbonyl (C=O) groups is 1. The summed E-state index contributed by atoms with van der Waals surface area (Å²) in [4.78, 5) is 29.0. The van der Waals surface area contributed by atoms with Gasteiger partial charge in [-0.2, -0.15) is 0 Å². The maximum absolute atomic E-state index is 11.9. The molecule has 35 heavy (non-hydrogen) atoms. The number of hydrogen-bond donors (Lipinski definition) is 1. The molecule has 0 unspecified atom stereocenters. The zero-order valence-corrected chi connectivity index (χ0v) is 23.5. The van der Waals surface area contributed by atoms with Crippen LogP contribution in [-0.4, -0.2) is 59.6 Å². The van der Waals surface area contributed by atoms with Crippen molar-refractivity contribution in [2.75, 3.05) is 44.7 Å². The van der Waals surface area contributed by atoms with Crippen LogP contribution in [0.3, 0.4) is 0 Å². The van der Waals surface area contributed by atoms with E-state index in [4.69, 9.17) is 4.74 Å². The quantitative estimate of drug-likeness (QED) is 0.430. The predicted molar refractivity (Wildman–Crippen MR) is 151 cm³/mol. The van der Waals surface area contributed by atoms with Crippen LogP contribution >= 0.6 is 0 Å². The third kappa shape index (κ3) is 13.6. The van der Waals surface area contributed by atoms with Crippen molar-refractivity contribution in [3.63, 3.8) is 0 Å². The van der Waals surface area contributed by atoms with Gasteiger partial charge in [-0.15, -0.1) is 0 Å². The molecule has 1 aliphatic heterocycles. The zero-order valence-electron chi connectivity index (χ0n) is 23.5. The highest BCUT2D eigenvalue weighted by molar-refractivity contribution is 5.92. The number of hydrogen-bond acceptors (Lipinski definition) is 6. The van der Waals surface area contributed by atoms with E-state index in [-0.39, 0.29) is 11.3 Å². The van der Waals surface area contributed by atoms with Gasteiger partial charge in [-0.05, 0) is 37.6 Å². The number of anilines is 1. The second-order valence-corrected chi connectivity index (χ2v) is 6.91. The van der Waals surface area contributed by atoms with Crippen LogP contribution in [0.5, 0.6) is 0 Å². The van der Waals surface area contributed by atoms with Crippen molar-refractivity contribution in [2.24, 2.45) is 7.05 Å². The number of allylic oxidation sites excluding steroid dienone is 3. The largest absolute Gasteiger partial charge is 0.384 e. The second-order valence-electron chi connectivity index (χ2n) is 6.91. The van der Waals surface area contributed by atoms with E-state index in [1.165, 1.54) is 11.5 Å². The molecule has 1 aliphatic rings. The standard InChI is InChI=1S/C15H20N4O2.C7H10O.3C2H6/c1-18-11-17-14-10-12(2-3-13(14)15(18)20)16-4-5-19-6-8-21-9-7-19;1-4-5-6(2)7(3)8;3*1-2/h2-3,10-11,16H,4-9H2,1H3;4-5H,1H2,2-3H3;3*1-2H3/b;6-5+;;;. The summed E-state index contributed by atoms with van der Waals surface area (Å²) in [6.07, 6.45) is 4.86. The van der Waals surface area contributed by atoms with E-state index >= 15 is 0 Å². The molecule has 1 fully saturated rings. The lowest BCUT2D eigenvalue weighted by molar-refractivity contribution is -0.113. The van der Waals surface area contributed by atoms with Crippen molar-refractivity contribution in [1.82, 2.24) is 14.5 Å². The molecule has 1 aromatic heterocycles. The Hall–Kier alpha value is -2.77. The number of aryl methyl sites for hydroxylation is 1. The molecule has 1 aromatic carbocycles. The number of ether oxygens (including phenoxy) is 1. The number of rotatable bonds is 6. The fourth-order valence-electron chi connectivity index (χ4n) is 2.80. The summed E-state index contributed by atoms with van der Waals surface area (Å²) in [5.41, 5.74) is 2.46. The first-order valence-electron chi connectivity index (χ1n) is 12.7. The number of nitrogens with one attached hydrogen (secondary N) is 1. The average molecular weight is 489 g/mol. The first kappa shape index (κ1) is 34.4. The molecule has 0 spiro atoms.